The highest BCUT2D eigenvalue weighted by Crippen LogP contribution is 2.06. The summed E-state index contributed by atoms with van der Waals surface area (Å²) in [4.78, 5) is 49.3. The molecule has 0 heterocycles. The molecule has 0 aromatic carbocycles. The molecule has 0 aliphatic heterocycles. The number of aliphatic carboxylic acids is 1. The predicted octanol–water partition coefficient (Wildman–Crippen LogP) is -2.77. The summed E-state index contributed by atoms with van der Waals surface area (Å²) in [6.07, 6.45) is 4.33. The van der Waals surface area contributed by atoms with Crippen LogP contribution in [0, 0.1) is 0 Å². The Morgan fingerprint density at radius 1 is 0.618 bits per heavy atom. The molecule has 0 spiro atoms. The molecular weight excluding hydrogens is 446 g/mol. The molecule has 0 saturated carbocycles. The van der Waals surface area contributed by atoms with E-state index in [4.69, 9.17) is 22.9 Å². The van der Waals surface area contributed by atoms with Gasteiger partial charge in [-0.3, -0.25) is 14.4 Å². The molecule has 0 fully saturated rings. The fraction of sp³-hybridized carbons (Fsp3) is 0.810. The lowest BCUT2D eigenvalue weighted by molar-refractivity contribution is -0.142. The van der Waals surface area contributed by atoms with Gasteiger partial charge in [-0.25, -0.2) is 4.79 Å². The second-order valence-electron chi connectivity index (χ2n) is 8.16. The Kier molecular flexibility index (Phi) is 17.7. The van der Waals surface area contributed by atoms with Crippen LogP contribution in [0.2, 0.25) is 0 Å². The second-order valence-corrected chi connectivity index (χ2v) is 8.16. The average molecular weight is 490 g/mol. The highest BCUT2D eigenvalue weighted by molar-refractivity contribution is 5.94. The Hall–Kier alpha value is -2.32. The molecule has 0 aromatic heterocycles. The molecule has 0 aliphatic rings. The van der Waals surface area contributed by atoms with Crippen molar-refractivity contribution in [3.8, 4) is 0 Å². The van der Waals surface area contributed by atoms with Gasteiger partial charge in [-0.05, 0) is 71.0 Å². The first kappa shape index (κ1) is 31.7. The van der Waals surface area contributed by atoms with E-state index >= 15 is 0 Å². The monoisotopic (exact) mass is 489 g/mol. The van der Waals surface area contributed by atoms with Crippen molar-refractivity contribution < 1.29 is 29.4 Å². The summed E-state index contributed by atoms with van der Waals surface area (Å²) in [6, 6.07) is -4.40. The number of carboxylic acid groups (broad SMARTS) is 1. The Morgan fingerprint density at radius 2 is 1.03 bits per heavy atom. The Bertz CT molecular complexity index is 622. The number of carbonyl (C=O) groups excluding carboxylic acids is 3. The third-order valence-electron chi connectivity index (χ3n) is 5.26. The van der Waals surface area contributed by atoms with Crippen LogP contribution in [0.25, 0.3) is 0 Å². The molecular formula is C21H43N7O6. The first-order valence-electron chi connectivity index (χ1n) is 11.8. The minimum Gasteiger partial charge on any atom is -0.480 e. The molecule has 0 unspecified atom stereocenters. The minimum absolute atomic E-state index is 0.194. The van der Waals surface area contributed by atoms with Gasteiger partial charge in [0.25, 0.3) is 0 Å². The van der Waals surface area contributed by atoms with E-state index in [0.29, 0.717) is 64.6 Å². The molecule has 0 rings (SSSR count). The zero-order chi connectivity index (χ0) is 25.9. The molecule has 13 N–H and O–H groups in total. The number of carbonyl (C=O) groups is 4. The van der Waals surface area contributed by atoms with Crippen molar-refractivity contribution in [3.63, 3.8) is 0 Å². The molecule has 0 saturated heterocycles. The minimum atomic E-state index is -1.32. The van der Waals surface area contributed by atoms with Crippen molar-refractivity contribution in [2.75, 3.05) is 26.2 Å². The summed E-state index contributed by atoms with van der Waals surface area (Å²) >= 11 is 0. The number of nitrogens with two attached hydrogens (primary N) is 4. The summed E-state index contributed by atoms with van der Waals surface area (Å²) in [5.74, 6) is -3.26. The first-order chi connectivity index (χ1) is 16.2. The van der Waals surface area contributed by atoms with Crippen LogP contribution in [0.1, 0.15) is 57.8 Å². The van der Waals surface area contributed by atoms with E-state index in [1.165, 1.54) is 0 Å². The zero-order valence-corrected chi connectivity index (χ0v) is 19.8. The SMILES string of the molecule is NCCCC[C@H](NC(=O)[C@H](CCCCN)NC(=O)[C@H](CO)NC(=O)[C@@H](N)CCCCN)C(=O)O. The smallest absolute Gasteiger partial charge is 0.326 e. The highest BCUT2D eigenvalue weighted by Gasteiger charge is 2.29. The van der Waals surface area contributed by atoms with E-state index < -0.39 is 54.5 Å². The molecule has 0 aliphatic carbocycles. The molecule has 13 heteroatoms. The molecule has 13 nitrogen and oxygen atoms in total. The van der Waals surface area contributed by atoms with E-state index in [2.05, 4.69) is 16.0 Å². The van der Waals surface area contributed by atoms with Gasteiger partial charge in [0.05, 0.1) is 12.6 Å². The number of rotatable bonds is 20. The Morgan fingerprint density at radius 3 is 1.50 bits per heavy atom. The summed E-state index contributed by atoms with van der Waals surface area (Å²) in [7, 11) is 0. The quantitative estimate of drug-likeness (QED) is 0.0796. The van der Waals surface area contributed by atoms with Crippen LogP contribution < -0.4 is 38.9 Å². The van der Waals surface area contributed by atoms with Crippen molar-refractivity contribution in [1.29, 1.82) is 0 Å². The van der Waals surface area contributed by atoms with Crippen molar-refractivity contribution in [2.24, 2.45) is 22.9 Å². The topological polar surface area (TPSA) is 249 Å². The van der Waals surface area contributed by atoms with Gasteiger partial charge < -0.3 is 49.1 Å². The number of carboxylic acids is 1. The number of amides is 3. The molecule has 34 heavy (non-hydrogen) atoms. The predicted molar refractivity (Wildman–Crippen MR) is 127 cm³/mol. The molecule has 3 amide bonds. The standard InChI is InChI=1S/C21H43N7O6/c22-10-4-1-7-14(25)18(30)28-17(13-29)20(32)26-15(8-2-5-11-23)19(31)27-16(21(33)34)9-3-6-12-24/h14-17,29H,1-13,22-25H2,(H,26,32)(H,27,31)(H,28,30)(H,33,34)/t14-,15-,16-,17-/m0/s1. The largest absolute Gasteiger partial charge is 0.480 e. The maximum Gasteiger partial charge on any atom is 0.326 e. The number of hydrogen-bond donors (Lipinski definition) is 9. The van der Waals surface area contributed by atoms with Crippen LogP contribution in [-0.2, 0) is 19.2 Å². The third-order valence-corrected chi connectivity index (χ3v) is 5.26. The van der Waals surface area contributed by atoms with Gasteiger partial charge in [-0.2, -0.15) is 0 Å². The summed E-state index contributed by atoms with van der Waals surface area (Å²) in [5, 5.41) is 26.3. The number of hydrogen-bond acceptors (Lipinski definition) is 9. The molecule has 0 radical (unpaired) electrons. The average Bonchev–Trinajstić information content (AvgIpc) is 2.80. The van der Waals surface area contributed by atoms with Crippen molar-refractivity contribution in [2.45, 2.75) is 82.0 Å². The van der Waals surface area contributed by atoms with Gasteiger partial charge in [0.2, 0.25) is 17.7 Å². The highest BCUT2D eigenvalue weighted by atomic mass is 16.4. The maximum atomic E-state index is 12.8. The van der Waals surface area contributed by atoms with E-state index in [1.54, 1.807) is 0 Å². The van der Waals surface area contributed by atoms with Crippen LogP contribution in [0.4, 0.5) is 0 Å². The normalized spacial score (nSPS) is 14.5. The van der Waals surface area contributed by atoms with Crippen LogP contribution >= 0.6 is 0 Å². The van der Waals surface area contributed by atoms with Gasteiger partial charge in [0, 0.05) is 0 Å². The summed E-state index contributed by atoms with van der Waals surface area (Å²) in [6.45, 7) is 0.555. The van der Waals surface area contributed by atoms with E-state index in [9.17, 15) is 29.4 Å². The molecule has 0 bridgehead atoms. The lowest BCUT2D eigenvalue weighted by Crippen LogP contribution is -2.58. The lowest BCUT2D eigenvalue weighted by Gasteiger charge is -2.24. The number of aliphatic hydroxyl groups excluding tert-OH is 1. The Labute approximate surface area is 200 Å². The Balaban J connectivity index is 5.16. The van der Waals surface area contributed by atoms with Gasteiger partial charge in [0.1, 0.15) is 18.1 Å². The number of nitrogens with one attached hydrogen (secondary N) is 3. The number of unbranched alkanes of at least 4 members (excludes halogenated alkanes) is 3. The van der Waals surface area contributed by atoms with Crippen molar-refractivity contribution in [3.05, 3.63) is 0 Å². The van der Waals surface area contributed by atoms with Crippen molar-refractivity contribution in [1.82, 2.24) is 16.0 Å². The van der Waals surface area contributed by atoms with Crippen LogP contribution in [0.15, 0.2) is 0 Å². The molecule has 198 valence electrons. The maximum absolute atomic E-state index is 12.8. The second kappa shape index (κ2) is 19.0. The fourth-order valence-electron chi connectivity index (χ4n) is 3.17. The van der Waals surface area contributed by atoms with Gasteiger partial charge >= 0.3 is 5.97 Å². The zero-order valence-electron chi connectivity index (χ0n) is 19.8. The van der Waals surface area contributed by atoms with Gasteiger partial charge in [0.15, 0.2) is 0 Å². The fourth-order valence-corrected chi connectivity index (χ4v) is 3.17. The van der Waals surface area contributed by atoms with Gasteiger partial charge in [-0.1, -0.05) is 6.42 Å². The van der Waals surface area contributed by atoms with Crippen molar-refractivity contribution >= 4 is 23.7 Å². The molecule has 4 atom stereocenters. The van der Waals surface area contributed by atoms with Crippen LogP contribution in [0.5, 0.6) is 0 Å². The van der Waals surface area contributed by atoms with E-state index in [0.717, 1.165) is 0 Å². The lowest BCUT2D eigenvalue weighted by atomic mass is 10.1. The summed E-state index contributed by atoms with van der Waals surface area (Å²) < 4.78 is 0. The van der Waals surface area contributed by atoms with Crippen LogP contribution in [0.3, 0.4) is 0 Å². The first-order valence-corrected chi connectivity index (χ1v) is 11.8. The van der Waals surface area contributed by atoms with Crippen LogP contribution in [-0.4, -0.2) is 84.3 Å². The molecule has 0 aromatic rings. The van der Waals surface area contributed by atoms with E-state index in [-0.39, 0.29) is 12.8 Å². The third kappa shape index (κ3) is 13.4. The van der Waals surface area contributed by atoms with E-state index in [1.807, 2.05) is 0 Å². The summed E-state index contributed by atoms with van der Waals surface area (Å²) in [5.41, 5.74) is 22.2. The number of aliphatic hydroxyl groups is 1. The van der Waals surface area contributed by atoms with Gasteiger partial charge in [-0.15, -0.1) is 0 Å².